The van der Waals surface area contributed by atoms with Crippen LogP contribution in [0.15, 0.2) is 54.6 Å². The molecule has 0 heterocycles. The average molecular weight is 355 g/mol. The van der Waals surface area contributed by atoms with E-state index in [1.54, 1.807) is 12.1 Å². The standard InChI is InChI=1S/C21H22FNO3/c22-17-8-6-16(7-9-17)21(12-13-21)20(26)23-18(10-11-19(24)25)14-15-4-2-1-3-5-15/h1-9,18H,10-14H2,(H,23,26)(H,24,25). The lowest BCUT2D eigenvalue weighted by Gasteiger charge is -2.23. The lowest BCUT2D eigenvalue weighted by molar-refractivity contribution is -0.137. The number of aliphatic carboxylic acids is 1. The van der Waals surface area contributed by atoms with Crippen LogP contribution in [0, 0.1) is 5.82 Å². The van der Waals surface area contributed by atoms with E-state index in [4.69, 9.17) is 5.11 Å². The summed E-state index contributed by atoms with van der Waals surface area (Å²) in [4.78, 5) is 23.9. The zero-order valence-electron chi connectivity index (χ0n) is 14.5. The van der Waals surface area contributed by atoms with Crippen LogP contribution in [0.5, 0.6) is 0 Å². The smallest absolute Gasteiger partial charge is 0.303 e. The van der Waals surface area contributed by atoms with Crippen LogP contribution in [0.25, 0.3) is 0 Å². The van der Waals surface area contributed by atoms with Gasteiger partial charge in [-0.1, -0.05) is 42.5 Å². The van der Waals surface area contributed by atoms with E-state index < -0.39 is 11.4 Å². The normalized spacial score (nSPS) is 15.9. The average Bonchev–Trinajstić information content (AvgIpc) is 3.43. The predicted molar refractivity (Wildman–Crippen MR) is 96.3 cm³/mol. The largest absolute Gasteiger partial charge is 0.481 e. The number of benzene rings is 2. The van der Waals surface area contributed by atoms with Gasteiger partial charge in [-0.25, -0.2) is 4.39 Å². The molecule has 3 rings (SSSR count). The van der Waals surface area contributed by atoms with E-state index in [1.807, 2.05) is 30.3 Å². The van der Waals surface area contributed by atoms with Gasteiger partial charge in [0.2, 0.25) is 5.91 Å². The Labute approximate surface area is 152 Å². The maximum atomic E-state index is 13.2. The molecule has 0 saturated heterocycles. The number of hydrogen-bond acceptors (Lipinski definition) is 2. The molecule has 0 aromatic heterocycles. The van der Waals surface area contributed by atoms with Crippen molar-refractivity contribution in [2.75, 3.05) is 0 Å². The summed E-state index contributed by atoms with van der Waals surface area (Å²) in [6.07, 6.45) is 2.40. The molecule has 1 atom stereocenters. The molecule has 1 aliphatic carbocycles. The first-order valence-corrected chi connectivity index (χ1v) is 8.82. The van der Waals surface area contributed by atoms with E-state index in [1.165, 1.54) is 12.1 Å². The maximum Gasteiger partial charge on any atom is 0.303 e. The number of amides is 1. The predicted octanol–water partition coefficient (Wildman–Crippen LogP) is 3.45. The van der Waals surface area contributed by atoms with E-state index in [0.717, 1.165) is 24.0 Å². The number of nitrogens with one attached hydrogen (secondary N) is 1. The van der Waals surface area contributed by atoms with Crippen LogP contribution in [0.2, 0.25) is 0 Å². The van der Waals surface area contributed by atoms with Crippen LogP contribution in [0.3, 0.4) is 0 Å². The highest BCUT2D eigenvalue weighted by atomic mass is 19.1. The Morgan fingerprint density at radius 3 is 2.31 bits per heavy atom. The third-order valence-electron chi connectivity index (χ3n) is 4.95. The van der Waals surface area contributed by atoms with Crippen LogP contribution in [0.4, 0.5) is 4.39 Å². The van der Waals surface area contributed by atoms with Gasteiger partial charge in [0.1, 0.15) is 5.82 Å². The fourth-order valence-corrected chi connectivity index (χ4v) is 3.29. The Morgan fingerprint density at radius 1 is 1.08 bits per heavy atom. The van der Waals surface area contributed by atoms with Crippen molar-refractivity contribution in [3.8, 4) is 0 Å². The molecule has 1 saturated carbocycles. The summed E-state index contributed by atoms with van der Waals surface area (Å²) in [6, 6.07) is 15.5. The van der Waals surface area contributed by atoms with E-state index in [9.17, 15) is 14.0 Å². The van der Waals surface area contributed by atoms with Crippen LogP contribution >= 0.6 is 0 Å². The monoisotopic (exact) mass is 355 g/mol. The summed E-state index contributed by atoms with van der Waals surface area (Å²) in [5.74, 6) is -1.30. The summed E-state index contributed by atoms with van der Waals surface area (Å²) in [6.45, 7) is 0. The van der Waals surface area contributed by atoms with Gasteiger partial charge in [-0.05, 0) is 48.9 Å². The van der Waals surface area contributed by atoms with Crippen molar-refractivity contribution in [3.05, 3.63) is 71.5 Å². The molecule has 0 aliphatic heterocycles. The Bertz CT molecular complexity index is 770. The zero-order chi connectivity index (χ0) is 18.6. The molecule has 1 aliphatic rings. The third kappa shape index (κ3) is 4.28. The fraction of sp³-hybridized carbons (Fsp3) is 0.333. The second kappa shape index (κ2) is 7.68. The molecular weight excluding hydrogens is 333 g/mol. The quantitative estimate of drug-likeness (QED) is 0.762. The van der Waals surface area contributed by atoms with E-state index in [0.29, 0.717) is 12.8 Å². The second-order valence-electron chi connectivity index (χ2n) is 6.88. The van der Waals surface area contributed by atoms with Crippen LogP contribution in [0.1, 0.15) is 36.8 Å². The van der Waals surface area contributed by atoms with Gasteiger partial charge in [-0.15, -0.1) is 0 Å². The molecule has 2 N–H and O–H groups in total. The summed E-state index contributed by atoms with van der Waals surface area (Å²) >= 11 is 0. The van der Waals surface area contributed by atoms with Gasteiger partial charge in [0.05, 0.1) is 5.41 Å². The molecule has 1 unspecified atom stereocenters. The number of hydrogen-bond donors (Lipinski definition) is 2. The van der Waals surface area contributed by atoms with Gasteiger partial charge in [0.15, 0.2) is 0 Å². The highest BCUT2D eigenvalue weighted by Crippen LogP contribution is 2.48. The Hall–Kier alpha value is -2.69. The molecule has 5 heteroatoms. The molecule has 136 valence electrons. The highest BCUT2D eigenvalue weighted by Gasteiger charge is 2.51. The lowest BCUT2D eigenvalue weighted by atomic mass is 9.93. The van der Waals surface area contributed by atoms with Gasteiger partial charge in [-0.3, -0.25) is 9.59 Å². The first-order valence-electron chi connectivity index (χ1n) is 8.82. The molecule has 1 amide bonds. The molecule has 26 heavy (non-hydrogen) atoms. The molecular formula is C21H22FNO3. The van der Waals surface area contributed by atoms with E-state index in [-0.39, 0.29) is 24.2 Å². The van der Waals surface area contributed by atoms with Gasteiger partial charge in [-0.2, -0.15) is 0 Å². The summed E-state index contributed by atoms with van der Waals surface area (Å²) in [5, 5.41) is 12.0. The SMILES string of the molecule is O=C(O)CCC(Cc1ccccc1)NC(=O)C1(c2ccc(F)cc2)CC1. The molecule has 4 nitrogen and oxygen atoms in total. The van der Waals surface area contributed by atoms with Crippen molar-refractivity contribution in [1.82, 2.24) is 5.32 Å². The highest BCUT2D eigenvalue weighted by molar-refractivity contribution is 5.91. The number of rotatable bonds is 8. The van der Waals surface area contributed by atoms with E-state index in [2.05, 4.69) is 5.32 Å². The first kappa shape index (κ1) is 18.1. The minimum atomic E-state index is -0.878. The zero-order valence-corrected chi connectivity index (χ0v) is 14.5. The summed E-state index contributed by atoms with van der Waals surface area (Å²) in [5.41, 5.74) is 1.26. The van der Waals surface area contributed by atoms with Crippen molar-refractivity contribution < 1.29 is 19.1 Å². The van der Waals surface area contributed by atoms with Gasteiger partial charge < -0.3 is 10.4 Å². The topological polar surface area (TPSA) is 66.4 Å². The second-order valence-corrected chi connectivity index (χ2v) is 6.88. The summed E-state index contributed by atoms with van der Waals surface area (Å²) in [7, 11) is 0. The Balaban J connectivity index is 1.71. The lowest BCUT2D eigenvalue weighted by Crippen LogP contribution is -2.43. The number of carbonyl (C=O) groups excluding carboxylic acids is 1. The van der Waals surface area contributed by atoms with Crippen molar-refractivity contribution in [2.24, 2.45) is 0 Å². The number of carboxylic acid groups (broad SMARTS) is 1. The molecule has 1 fully saturated rings. The van der Waals surface area contributed by atoms with Gasteiger partial charge in [0, 0.05) is 12.5 Å². The van der Waals surface area contributed by atoms with E-state index >= 15 is 0 Å². The van der Waals surface area contributed by atoms with Gasteiger partial charge in [0.25, 0.3) is 0 Å². The van der Waals surface area contributed by atoms with Crippen molar-refractivity contribution in [1.29, 1.82) is 0 Å². The minimum absolute atomic E-state index is 0.00132. The number of halogens is 1. The Morgan fingerprint density at radius 2 is 1.73 bits per heavy atom. The van der Waals surface area contributed by atoms with Crippen LogP contribution < -0.4 is 5.32 Å². The third-order valence-corrected chi connectivity index (χ3v) is 4.95. The summed E-state index contributed by atoms with van der Waals surface area (Å²) < 4.78 is 13.2. The van der Waals surface area contributed by atoms with Crippen molar-refractivity contribution in [3.63, 3.8) is 0 Å². The first-order chi connectivity index (χ1) is 12.5. The molecule has 2 aromatic rings. The van der Waals surface area contributed by atoms with Gasteiger partial charge >= 0.3 is 5.97 Å². The molecule has 0 radical (unpaired) electrons. The Kier molecular flexibility index (Phi) is 5.35. The van der Waals surface area contributed by atoms with Crippen molar-refractivity contribution >= 4 is 11.9 Å². The molecule has 2 aromatic carbocycles. The number of carbonyl (C=O) groups is 2. The van der Waals surface area contributed by atoms with Crippen molar-refractivity contribution in [2.45, 2.75) is 43.6 Å². The van der Waals surface area contributed by atoms with Crippen LogP contribution in [-0.4, -0.2) is 23.0 Å². The molecule has 0 bridgehead atoms. The minimum Gasteiger partial charge on any atom is -0.481 e. The van der Waals surface area contributed by atoms with Crippen LogP contribution in [-0.2, 0) is 21.4 Å². The fourth-order valence-electron chi connectivity index (χ4n) is 3.29. The maximum absolute atomic E-state index is 13.2. The number of carboxylic acids is 1. The molecule has 0 spiro atoms.